The number of aromatic nitrogens is 2. The van der Waals surface area contributed by atoms with E-state index in [9.17, 15) is 9.90 Å². The first-order chi connectivity index (χ1) is 9.16. The zero-order valence-electron chi connectivity index (χ0n) is 10.9. The first kappa shape index (κ1) is 12.2. The van der Waals surface area contributed by atoms with Gasteiger partial charge in [-0.3, -0.25) is 4.79 Å². The number of carbonyl (C=O) groups excluding carboxylic acids is 1. The lowest BCUT2D eigenvalue weighted by atomic mass is 10.2. The lowest BCUT2D eigenvalue weighted by Crippen LogP contribution is -2.35. The monoisotopic (exact) mass is 259 g/mol. The van der Waals surface area contributed by atoms with Gasteiger partial charge in [-0.25, -0.2) is 4.98 Å². The number of fused-ring (bicyclic) bond motifs is 1. The molecular weight excluding hydrogens is 242 g/mol. The first-order valence-corrected chi connectivity index (χ1v) is 6.55. The molecule has 1 N–H and O–H groups in total. The summed E-state index contributed by atoms with van der Waals surface area (Å²) in [6.45, 7) is 2.95. The average Bonchev–Trinajstić information content (AvgIpc) is 3.03. The van der Waals surface area contributed by atoms with Crippen LogP contribution in [0.15, 0.2) is 30.6 Å². The molecule has 1 aliphatic rings. The molecule has 1 fully saturated rings. The number of carbonyl (C=O) groups is 1. The fourth-order valence-corrected chi connectivity index (χ4v) is 2.61. The second-order valence-electron chi connectivity index (χ2n) is 5.04. The average molecular weight is 259 g/mol. The van der Waals surface area contributed by atoms with E-state index in [4.69, 9.17) is 0 Å². The number of likely N-dealkylation sites (tertiary alicyclic amines) is 1. The van der Waals surface area contributed by atoms with Gasteiger partial charge in [0.25, 0.3) is 0 Å². The van der Waals surface area contributed by atoms with Crippen molar-refractivity contribution < 1.29 is 9.90 Å². The number of hydrogen-bond donors (Lipinski definition) is 1. The summed E-state index contributed by atoms with van der Waals surface area (Å²) >= 11 is 0. The number of benzene rings is 1. The Morgan fingerprint density at radius 2 is 2.26 bits per heavy atom. The molecule has 1 aromatic carbocycles. The van der Waals surface area contributed by atoms with Crippen molar-refractivity contribution in [2.75, 3.05) is 13.1 Å². The third kappa shape index (κ3) is 2.10. The highest BCUT2D eigenvalue weighted by atomic mass is 16.3. The molecule has 19 heavy (non-hydrogen) atoms. The van der Waals surface area contributed by atoms with Crippen LogP contribution in [0.2, 0.25) is 0 Å². The summed E-state index contributed by atoms with van der Waals surface area (Å²) < 4.78 is 1.89. The standard InChI is InChI=1S/C14H17N3O2/c1-10(14(19)16-7-6-11(18)8-16)17-9-15-12-4-2-3-5-13(12)17/h2-5,9-11,18H,6-8H2,1H3/t10?,11-/m0/s1. The number of aliphatic hydroxyl groups is 1. The fourth-order valence-electron chi connectivity index (χ4n) is 2.61. The lowest BCUT2D eigenvalue weighted by molar-refractivity contribution is -0.133. The molecule has 1 saturated heterocycles. The van der Waals surface area contributed by atoms with Gasteiger partial charge in [0, 0.05) is 13.1 Å². The van der Waals surface area contributed by atoms with Gasteiger partial charge < -0.3 is 14.6 Å². The van der Waals surface area contributed by atoms with Crippen molar-refractivity contribution in [1.82, 2.24) is 14.5 Å². The van der Waals surface area contributed by atoms with Crippen LogP contribution in [0.25, 0.3) is 11.0 Å². The lowest BCUT2D eigenvalue weighted by Gasteiger charge is -2.21. The summed E-state index contributed by atoms with van der Waals surface area (Å²) in [7, 11) is 0. The fraction of sp³-hybridized carbons (Fsp3) is 0.429. The molecule has 100 valence electrons. The SMILES string of the molecule is CC(C(=O)N1CC[C@H](O)C1)n1cnc2ccccc21. The molecule has 2 atom stereocenters. The number of nitrogens with zero attached hydrogens (tertiary/aromatic N) is 3. The highest BCUT2D eigenvalue weighted by molar-refractivity contribution is 5.83. The maximum atomic E-state index is 12.4. The normalized spacial score (nSPS) is 20.9. The number of imidazole rings is 1. The van der Waals surface area contributed by atoms with Gasteiger partial charge in [0.1, 0.15) is 6.04 Å². The number of amides is 1. The molecule has 0 radical (unpaired) electrons. The molecule has 1 aromatic heterocycles. The molecule has 1 amide bonds. The smallest absolute Gasteiger partial charge is 0.245 e. The van der Waals surface area contributed by atoms with Gasteiger partial charge in [-0.1, -0.05) is 12.1 Å². The molecule has 2 aromatic rings. The van der Waals surface area contributed by atoms with Crippen LogP contribution >= 0.6 is 0 Å². The van der Waals surface area contributed by atoms with Crippen LogP contribution in [-0.2, 0) is 4.79 Å². The molecule has 1 aliphatic heterocycles. The molecule has 5 heteroatoms. The largest absolute Gasteiger partial charge is 0.391 e. The minimum atomic E-state index is -0.379. The third-order valence-electron chi connectivity index (χ3n) is 3.73. The third-order valence-corrected chi connectivity index (χ3v) is 3.73. The predicted octanol–water partition coefficient (Wildman–Crippen LogP) is 1.19. The van der Waals surface area contributed by atoms with Gasteiger partial charge >= 0.3 is 0 Å². The maximum Gasteiger partial charge on any atom is 0.245 e. The van der Waals surface area contributed by atoms with E-state index in [-0.39, 0.29) is 18.1 Å². The molecule has 2 heterocycles. The minimum absolute atomic E-state index is 0.0414. The van der Waals surface area contributed by atoms with E-state index < -0.39 is 0 Å². The number of aliphatic hydroxyl groups excluding tert-OH is 1. The van der Waals surface area contributed by atoms with E-state index in [1.54, 1.807) is 11.2 Å². The van der Waals surface area contributed by atoms with Crippen molar-refractivity contribution in [3.8, 4) is 0 Å². The van der Waals surface area contributed by atoms with Crippen molar-refractivity contribution in [3.63, 3.8) is 0 Å². The predicted molar refractivity (Wildman–Crippen MR) is 71.6 cm³/mol. The quantitative estimate of drug-likeness (QED) is 0.881. The number of hydrogen-bond acceptors (Lipinski definition) is 3. The van der Waals surface area contributed by atoms with Gasteiger partial charge in [0.05, 0.1) is 23.5 Å². The van der Waals surface area contributed by atoms with Crippen LogP contribution in [0.4, 0.5) is 0 Å². The van der Waals surface area contributed by atoms with Crippen molar-refractivity contribution in [1.29, 1.82) is 0 Å². The Bertz CT molecular complexity index is 608. The van der Waals surface area contributed by atoms with Crippen LogP contribution in [0.5, 0.6) is 0 Å². The van der Waals surface area contributed by atoms with Crippen LogP contribution in [0.1, 0.15) is 19.4 Å². The van der Waals surface area contributed by atoms with E-state index in [1.165, 1.54) is 0 Å². The van der Waals surface area contributed by atoms with Gasteiger partial charge in [0.2, 0.25) is 5.91 Å². The number of β-amino-alcohol motifs (C(OH)–C–C–N with tert-alkyl or cyclic N) is 1. The van der Waals surface area contributed by atoms with Gasteiger partial charge in [0.15, 0.2) is 0 Å². The Labute approximate surface area is 111 Å². The Hall–Kier alpha value is -1.88. The first-order valence-electron chi connectivity index (χ1n) is 6.55. The van der Waals surface area contributed by atoms with Gasteiger partial charge in [-0.2, -0.15) is 0 Å². The summed E-state index contributed by atoms with van der Waals surface area (Å²) in [4.78, 5) is 18.4. The molecule has 0 aliphatic carbocycles. The highest BCUT2D eigenvalue weighted by Crippen LogP contribution is 2.21. The zero-order chi connectivity index (χ0) is 13.4. The topological polar surface area (TPSA) is 58.4 Å². The summed E-state index contributed by atoms with van der Waals surface area (Å²) in [5.41, 5.74) is 1.85. The molecule has 0 bridgehead atoms. The van der Waals surface area contributed by atoms with E-state index >= 15 is 0 Å². The number of para-hydroxylation sites is 2. The molecule has 5 nitrogen and oxygen atoms in total. The van der Waals surface area contributed by atoms with E-state index in [2.05, 4.69) is 4.98 Å². The van der Waals surface area contributed by atoms with E-state index in [0.717, 1.165) is 11.0 Å². The van der Waals surface area contributed by atoms with Crippen LogP contribution in [0.3, 0.4) is 0 Å². The van der Waals surface area contributed by atoms with E-state index in [0.29, 0.717) is 19.5 Å². The summed E-state index contributed by atoms with van der Waals surface area (Å²) in [5, 5.41) is 9.52. The molecule has 3 rings (SSSR count). The van der Waals surface area contributed by atoms with Gasteiger partial charge in [-0.05, 0) is 25.5 Å². The Kier molecular flexibility index (Phi) is 2.98. The maximum absolute atomic E-state index is 12.4. The van der Waals surface area contributed by atoms with Crippen LogP contribution in [-0.4, -0.2) is 44.7 Å². The Morgan fingerprint density at radius 3 is 3.00 bits per heavy atom. The van der Waals surface area contributed by atoms with E-state index in [1.807, 2.05) is 35.8 Å². The van der Waals surface area contributed by atoms with Crippen molar-refractivity contribution >= 4 is 16.9 Å². The van der Waals surface area contributed by atoms with Crippen molar-refractivity contribution in [2.24, 2.45) is 0 Å². The van der Waals surface area contributed by atoms with Crippen LogP contribution in [0, 0.1) is 0 Å². The summed E-state index contributed by atoms with van der Waals surface area (Å²) in [6, 6.07) is 7.48. The second-order valence-corrected chi connectivity index (χ2v) is 5.04. The molecular formula is C14H17N3O2. The highest BCUT2D eigenvalue weighted by Gasteiger charge is 2.29. The molecule has 0 saturated carbocycles. The molecule has 1 unspecified atom stereocenters. The molecule has 0 spiro atoms. The van der Waals surface area contributed by atoms with Crippen molar-refractivity contribution in [2.45, 2.75) is 25.5 Å². The number of rotatable bonds is 2. The second kappa shape index (κ2) is 4.66. The van der Waals surface area contributed by atoms with Crippen molar-refractivity contribution in [3.05, 3.63) is 30.6 Å². The summed E-state index contributed by atoms with van der Waals surface area (Å²) in [6.07, 6.45) is 2.00. The minimum Gasteiger partial charge on any atom is -0.391 e. The Balaban J connectivity index is 1.87. The summed E-state index contributed by atoms with van der Waals surface area (Å²) in [5.74, 6) is 0.0414. The Morgan fingerprint density at radius 1 is 1.47 bits per heavy atom. The van der Waals surface area contributed by atoms with Crippen LogP contribution < -0.4 is 0 Å². The van der Waals surface area contributed by atoms with Gasteiger partial charge in [-0.15, -0.1) is 0 Å². The zero-order valence-corrected chi connectivity index (χ0v) is 10.9.